The summed E-state index contributed by atoms with van der Waals surface area (Å²) in [7, 11) is 1.68. The summed E-state index contributed by atoms with van der Waals surface area (Å²) in [6.07, 6.45) is 2.03. The summed E-state index contributed by atoms with van der Waals surface area (Å²) in [4.78, 5) is 2.22. The van der Waals surface area contributed by atoms with E-state index in [-0.39, 0.29) is 12.4 Å². The van der Waals surface area contributed by atoms with Crippen LogP contribution in [-0.2, 0) is 11.3 Å². The molecule has 0 aliphatic rings. The largest absolute Gasteiger partial charge is 0.383 e. The number of benzene rings is 1. The summed E-state index contributed by atoms with van der Waals surface area (Å²) >= 11 is 0. The van der Waals surface area contributed by atoms with Crippen molar-refractivity contribution in [3.8, 4) is 0 Å². The predicted molar refractivity (Wildman–Crippen MR) is 77.9 cm³/mol. The maximum absolute atomic E-state index is 13.9. The van der Waals surface area contributed by atoms with Crippen LogP contribution in [0.4, 0.5) is 10.1 Å². The Labute approximate surface area is 115 Å². The average molecular weight is 268 g/mol. The van der Waals surface area contributed by atoms with E-state index in [2.05, 4.69) is 18.7 Å². The maximum Gasteiger partial charge on any atom is 0.129 e. The number of nitrogens with two attached hydrogens (primary N) is 1. The zero-order valence-corrected chi connectivity index (χ0v) is 12.2. The molecule has 0 fully saturated rings. The zero-order chi connectivity index (χ0) is 14.3. The fourth-order valence-electron chi connectivity index (χ4n) is 2.44. The molecule has 0 amide bonds. The zero-order valence-electron chi connectivity index (χ0n) is 12.2. The molecule has 4 heteroatoms. The van der Waals surface area contributed by atoms with Gasteiger partial charge in [-0.15, -0.1) is 0 Å². The van der Waals surface area contributed by atoms with Gasteiger partial charge in [0.1, 0.15) is 5.82 Å². The number of rotatable bonds is 8. The minimum atomic E-state index is -0.228. The standard InChI is InChI=1S/C15H25FN2O/c1-4-12(5-2)18(9-10-19-3)15-8-6-7-14(16)13(15)11-17/h6-8,12H,4-5,9-11,17H2,1-3H3. The normalized spacial score (nSPS) is 11.1. The molecule has 0 heterocycles. The fourth-order valence-corrected chi connectivity index (χ4v) is 2.44. The van der Waals surface area contributed by atoms with Gasteiger partial charge in [0.05, 0.1) is 6.61 Å². The highest BCUT2D eigenvalue weighted by Gasteiger charge is 2.19. The van der Waals surface area contributed by atoms with E-state index in [0.29, 0.717) is 18.2 Å². The van der Waals surface area contributed by atoms with Crippen LogP contribution >= 0.6 is 0 Å². The van der Waals surface area contributed by atoms with Gasteiger partial charge in [-0.05, 0) is 25.0 Å². The first-order chi connectivity index (χ1) is 9.19. The lowest BCUT2D eigenvalue weighted by atomic mass is 10.1. The molecule has 19 heavy (non-hydrogen) atoms. The molecule has 0 saturated heterocycles. The van der Waals surface area contributed by atoms with E-state index in [0.717, 1.165) is 25.1 Å². The first-order valence-corrected chi connectivity index (χ1v) is 6.92. The minimum Gasteiger partial charge on any atom is -0.383 e. The Morgan fingerprint density at radius 1 is 1.32 bits per heavy atom. The topological polar surface area (TPSA) is 38.5 Å². The molecule has 0 unspecified atom stereocenters. The van der Waals surface area contributed by atoms with E-state index >= 15 is 0 Å². The van der Waals surface area contributed by atoms with Crippen molar-refractivity contribution in [1.29, 1.82) is 0 Å². The summed E-state index contributed by atoms with van der Waals surface area (Å²) < 4.78 is 19.0. The van der Waals surface area contributed by atoms with Crippen molar-refractivity contribution in [3.63, 3.8) is 0 Å². The number of nitrogens with zero attached hydrogens (tertiary/aromatic N) is 1. The molecule has 0 radical (unpaired) electrons. The summed E-state index contributed by atoms with van der Waals surface area (Å²) in [6, 6.07) is 5.53. The molecular formula is C15H25FN2O. The van der Waals surface area contributed by atoms with Crippen molar-refractivity contribution in [2.45, 2.75) is 39.3 Å². The van der Waals surface area contributed by atoms with Gasteiger partial charge in [0.15, 0.2) is 0 Å². The minimum absolute atomic E-state index is 0.214. The predicted octanol–water partition coefficient (Wildman–Crippen LogP) is 2.93. The summed E-state index contributed by atoms with van der Waals surface area (Å²) in [6.45, 7) is 5.88. The van der Waals surface area contributed by atoms with Crippen LogP contribution < -0.4 is 10.6 Å². The Morgan fingerprint density at radius 2 is 2.00 bits per heavy atom. The lowest BCUT2D eigenvalue weighted by molar-refractivity contribution is 0.202. The smallest absolute Gasteiger partial charge is 0.129 e. The van der Waals surface area contributed by atoms with Crippen LogP contribution in [0.1, 0.15) is 32.3 Å². The number of hydrogen-bond acceptors (Lipinski definition) is 3. The van der Waals surface area contributed by atoms with E-state index in [1.807, 2.05) is 6.07 Å². The molecule has 108 valence electrons. The Bertz CT molecular complexity index is 380. The monoisotopic (exact) mass is 268 g/mol. The molecular weight excluding hydrogens is 243 g/mol. The van der Waals surface area contributed by atoms with Gasteiger partial charge in [0.2, 0.25) is 0 Å². The number of anilines is 1. The third-order valence-electron chi connectivity index (χ3n) is 3.53. The van der Waals surface area contributed by atoms with Crippen molar-refractivity contribution in [2.75, 3.05) is 25.2 Å². The van der Waals surface area contributed by atoms with Gasteiger partial charge >= 0.3 is 0 Å². The summed E-state index contributed by atoms with van der Waals surface area (Å²) in [5.74, 6) is -0.228. The second-order valence-corrected chi connectivity index (χ2v) is 4.60. The van der Waals surface area contributed by atoms with Crippen LogP contribution in [0.15, 0.2) is 18.2 Å². The highest BCUT2D eigenvalue weighted by atomic mass is 19.1. The second-order valence-electron chi connectivity index (χ2n) is 4.60. The molecule has 1 aromatic rings. The molecule has 1 rings (SSSR count). The first-order valence-electron chi connectivity index (χ1n) is 6.92. The Morgan fingerprint density at radius 3 is 2.53 bits per heavy atom. The van der Waals surface area contributed by atoms with Crippen LogP contribution in [0.2, 0.25) is 0 Å². The van der Waals surface area contributed by atoms with Crippen molar-refractivity contribution >= 4 is 5.69 Å². The summed E-state index contributed by atoms with van der Waals surface area (Å²) in [5.41, 5.74) is 7.19. The third kappa shape index (κ3) is 3.91. The molecule has 3 nitrogen and oxygen atoms in total. The molecule has 0 atom stereocenters. The first kappa shape index (κ1) is 15.9. The van der Waals surface area contributed by atoms with Gasteiger partial charge < -0.3 is 15.4 Å². The fraction of sp³-hybridized carbons (Fsp3) is 0.600. The Balaban J connectivity index is 3.12. The van der Waals surface area contributed by atoms with Crippen LogP contribution in [0, 0.1) is 5.82 Å². The molecule has 0 spiro atoms. The Hall–Kier alpha value is -1.13. The highest BCUT2D eigenvalue weighted by Crippen LogP contribution is 2.26. The van der Waals surface area contributed by atoms with E-state index in [1.54, 1.807) is 13.2 Å². The van der Waals surface area contributed by atoms with Crippen LogP contribution in [0.5, 0.6) is 0 Å². The van der Waals surface area contributed by atoms with Gasteiger partial charge in [-0.25, -0.2) is 4.39 Å². The molecule has 0 saturated carbocycles. The highest BCUT2D eigenvalue weighted by molar-refractivity contribution is 5.55. The molecule has 0 bridgehead atoms. The number of methoxy groups -OCH3 is 1. The lowest BCUT2D eigenvalue weighted by Crippen LogP contribution is -2.38. The van der Waals surface area contributed by atoms with Crippen molar-refractivity contribution in [2.24, 2.45) is 5.73 Å². The van der Waals surface area contributed by atoms with Crippen molar-refractivity contribution in [1.82, 2.24) is 0 Å². The van der Waals surface area contributed by atoms with Gasteiger partial charge in [0.25, 0.3) is 0 Å². The van der Waals surface area contributed by atoms with Crippen molar-refractivity contribution < 1.29 is 9.13 Å². The van der Waals surface area contributed by atoms with Crippen LogP contribution in [-0.4, -0.2) is 26.3 Å². The van der Waals surface area contributed by atoms with E-state index < -0.39 is 0 Å². The Kier molecular flexibility index (Phi) is 6.81. The SMILES string of the molecule is CCC(CC)N(CCOC)c1cccc(F)c1CN. The third-order valence-corrected chi connectivity index (χ3v) is 3.53. The number of ether oxygens (including phenoxy) is 1. The van der Waals surface area contributed by atoms with Crippen LogP contribution in [0.25, 0.3) is 0 Å². The molecule has 0 aliphatic carbocycles. The second kappa shape index (κ2) is 8.12. The lowest BCUT2D eigenvalue weighted by Gasteiger charge is -2.34. The number of halogens is 1. The van der Waals surface area contributed by atoms with E-state index in [1.165, 1.54) is 6.07 Å². The quantitative estimate of drug-likeness (QED) is 0.788. The van der Waals surface area contributed by atoms with Gasteiger partial charge in [-0.1, -0.05) is 19.9 Å². The van der Waals surface area contributed by atoms with Gasteiger partial charge in [-0.2, -0.15) is 0 Å². The average Bonchev–Trinajstić information content (AvgIpc) is 2.43. The molecule has 2 N–H and O–H groups in total. The van der Waals surface area contributed by atoms with Gasteiger partial charge in [-0.3, -0.25) is 0 Å². The van der Waals surface area contributed by atoms with Crippen LogP contribution in [0.3, 0.4) is 0 Å². The number of hydrogen-bond donors (Lipinski definition) is 1. The van der Waals surface area contributed by atoms with Gasteiger partial charge in [0, 0.05) is 37.5 Å². The maximum atomic E-state index is 13.9. The van der Waals surface area contributed by atoms with E-state index in [4.69, 9.17) is 10.5 Å². The molecule has 0 aromatic heterocycles. The van der Waals surface area contributed by atoms with Crippen molar-refractivity contribution in [3.05, 3.63) is 29.6 Å². The molecule has 1 aromatic carbocycles. The molecule has 0 aliphatic heterocycles. The van der Waals surface area contributed by atoms with E-state index in [9.17, 15) is 4.39 Å². The summed E-state index contributed by atoms with van der Waals surface area (Å²) in [5, 5.41) is 0.